The molecule has 3 aliphatic heterocycles. The molecule has 2 bridgehead atoms. The van der Waals surface area contributed by atoms with E-state index in [0.717, 1.165) is 31.0 Å². The normalized spacial score (nSPS) is 17.9. The van der Waals surface area contributed by atoms with Crippen LogP contribution in [0.1, 0.15) is 49.4 Å². The van der Waals surface area contributed by atoms with Gasteiger partial charge in [0, 0.05) is 73.8 Å². The monoisotopic (exact) mass is 768 g/mol. The van der Waals surface area contributed by atoms with Crippen molar-refractivity contribution in [3.63, 3.8) is 0 Å². The third-order valence-corrected chi connectivity index (χ3v) is 10.3. The first kappa shape index (κ1) is 38.2. The Balaban J connectivity index is 0.00000504. The molecule has 0 atom stereocenters. The van der Waals surface area contributed by atoms with Crippen LogP contribution in [0.15, 0.2) is 65.6 Å². The first-order valence-electron chi connectivity index (χ1n) is 17.6. The van der Waals surface area contributed by atoms with Crippen molar-refractivity contribution >= 4 is 22.5 Å². The predicted octanol–water partition coefficient (Wildman–Crippen LogP) is 3.43. The first-order valence-corrected chi connectivity index (χ1v) is 17.6. The zero-order valence-corrected chi connectivity index (χ0v) is 31.2. The van der Waals surface area contributed by atoms with Gasteiger partial charge in [-0.2, -0.15) is 0 Å². The Morgan fingerprint density at radius 2 is 1.47 bits per heavy atom. The number of quaternary nitrogens is 1. The summed E-state index contributed by atoms with van der Waals surface area (Å²) in [7, 11) is 3.10. The lowest BCUT2D eigenvalue weighted by Crippen LogP contribution is -3.00. The minimum Gasteiger partial charge on any atom is -1.00 e. The van der Waals surface area contributed by atoms with Crippen LogP contribution in [-0.4, -0.2) is 93.0 Å². The number of hydrogen-bond acceptors (Lipinski definition) is 6. The number of carbonyl (C=O) groups is 1. The molecule has 3 aliphatic rings. The van der Waals surface area contributed by atoms with Gasteiger partial charge in [-0.15, -0.1) is 0 Å². The van der Waals surface area contributed by atoms with E-state index >= 15 is 0 Å². The second kappa shape index (κ2) is 17.0. The number of amides is 1. The molecule has 3 fully saturated rings. The fraction of sp³-hybridized carbons (Fsp3) is 0.436. The molecular weight excluding hydrogens is 722 g/mol. The number of nitrogens with zero attached hydrogens (tertiary/aromatic N) is 4. The molecule has 0 aliphatic carbocycles. The van der Waals surface area contributed by atoms with Crippen molar-refractivity contribution in [1.82, 2.24) is 9.47 Å². The summed E-state index contributed by atoms with van der Waals surface area (Å²) in [6.07, 6.45) is 7.16. The molecule has 3 saturated heterocycles. The van der Waals surface area contributed by atoms with Gasteiger partial charge in [0.1, 0.15) is 34.4 Å². The number of unbranched alkanes of at least 4 members (excludes halogenated alkanes) is 4. The minimum atomic E-state index is -0.822. The first-order chi connectivity index (χ1) is 24.2. The maximum Gasteiger partial charge on any atom is 0.263 e. The number of carbonyl (C=O) groups excluding carboxylic acids is 1. The molecule has 4 heterocycles. The van der Waals surface area contributed by atoms with Gasteiger partial charge in [0.2, 0.25) is 5.43 Å². The van der Waals surface area contributed by atoms with Gasteiger partial charge >= 0.3 is 0 Å². The van der Waals surface area contributed by atoms with Crippen LogP contribution in [0.3, 0.4) is 0 Å². The summed E-state index contributed by atoms with van der Waals surface area (Å²) in [5.74, 6) is -0.674. The number of hydrogen-bond donors (Lipinski definition) is 0. The number of benzene rings is 3. The van der Waals surface area contributed by atoms with Gasteiger partial charge in [-0.3, -0.25) is 14.5 Å². The SMILES string of the molecule is CCN(C(=O)c1cn(-c2cc(OC)cc(OCCCCCCC[N+]34CCN(CC3)CC4)c2)c2cc(OC)ccc2c1=O)c1cc(F)cc(F)c1.[Br-]. The minimum absolute atomic E-state index is 0. The highest BCUT2D eigenvalue weighted by Gasteiger charge is 2.37. The van der Waals surface area contributed by atoms with E-state index in [1.165, 1.54) is 87.8 Å². The molecule has 1 amide bonds. The Kier molecular flexibility index (Phi) is 12.8. The van der Waals surface area contributed by atoms with Crippen molar-refractivity contribution in [2.45, 2.75) is 39.0 Å². The summed E-state index contributed by atoms with van der Waals surface area (Å²) in [6.45, 7) is 11.3. The molecule has 7 rings (SSSR count). The lowest BCUT2D eigenvalue weighted by Gasteiger charge is -2.50. The quantitative estimate of drug-likeness (QED) is 0.137. The Labute approximate surface area is 308 Å². The lowest BCUT2D eigenvalue weighted by atomic mass is 10.1. The van der Waals surface area contributed by atoms with E-state index in [9.17, 15) is 18.4 Å². The number of piperazine rings is 3. The molecule has 9 nitrogen and oxygen atoms in total. The number of methoxy groups -OCH3 is 2. The fourth-order valence-corrected chi connectivity index (χ4v) is 7.32. The Hall–Kier alpha value is -4.00. The second-order valence-electron chi connectivity index (χ2n) is 13.4. The summed E-state index contributed by atoms with van der Waals surface area (Å²) in [5.41, 5.74) is 0.439. The van der Waals surface area contributed by atoms with E-state index in [-0.39, 0.29) is 40.2 Å². The molecule has 0 unspecified atom stereocenters. The average molecular weight is 770 g/mol. The van der Waals surface area contributed by atoms with Crippen LogP contribution < -0.4 is 41.5 Å². The van der Waals surface area contributed by atoms with Crippen molar-refractivity contribution < 1.29 is 49.3 Å². The largest absolute Gasteiger partial charge is 1.00 e. The van der Waals surface area contributed by atoms with E-state index in [1.807, 2.05) is 12.1 Å². The number of halogens is 3. The maximum absolute atomic E-state index is 14.1. The second-order valence-corrected chi connectivity index (χ2v) is 13.4. The van der Waals surface area contributed by atoms with Gasteiger partial charge < -0.3 is 45.1 Å². The van der Waals surface area contributed by atoms with Crippen LogP contribution in [0.2, 0.25) is 0 Å². The van der Waals surface area contributed by atoms with Crippen LogP contribution in [0.4, 0.5) is 14.5 Å². The molecule has 0 N–H and O–H groups in total. The molecule has 0 spiro atoms. The number of anilines is 1. The Morgan fingerprint density at radius 1 is 0.824 bits per heavy atom. The molecular formula is C39H47BrF2N4O5. The molecule has 12 heteroatoms. The molecule has 51 heavy (non-hydrogen) atoms. The van der Waals surface area contributed by atoms with E-state index in [4.69, 9.17) is 14.2 Å². The van der Waals surface area contributed by atoms with E-state index < -0.39 is 23.0 Å². The van der Waals surface area contributed by atoms with Gasteiger partial charge in [-0.25, -0.2) is 8.78 Å². The summed E-state index contributed by atoms with van der Waals surface area (Å²) in [4.78, 5) is 31.5. The molecule has 1 aromatic heterocycles. The lowest BCUT2D eigenvalue weighted by molar-refractivity contribution is -0.941. The number of fused-ring (bicyclic) bond motifs is 4. The van der Waals surface area contributed by atoms with Crippen molar-refractivity contribution in [2.75, 3.05) is 78.1 Å². The highest BCUT2D eigenvalue weighted by atomic mass is 79.9. The van der Waals surface area contributed by atoms with Crippen LogP contribution in [0, 0.1) is 11.6 Å². The highest BCUT2D eigenvalue weighted by molar-refractivity contribution is 6.07. The van der Waals surface area contributed by atoms with Gasteiger partial charge in [-0.1, -0.05) is 12.8 Å². The topological polar surface area (TPSA) is 73.2 Å². The predicted molar refractivity (Wildman–Crippen MR) is 191 cm³/mol. The highest BCUT2D eigenvalue weighted by Crippen LogP contribution is 2.30. The molecule has 3 aromatic carbocycles. The van der Waals surface area contributed by atoms with E-state index in [0.29, 0.717) is 35.1 Å². The molecule has 0 radical (unpaired) electrons. The van der Waals surface area contributed by atoms with E-state index in [2.05, 4.69) is 4.90 Å². The van der Waals surface area contributed by atoms with Crippen LogP contribution >= 0.6 is 0 Å². The molecule has 274 valence electrons. The molecule has 4 aromatic rings. The average Bonchev–Trinajstić information content (AvgIpc) is 3.13. The fourth-order valence-electron chi connectivity index (χ4n) is 7.32. The summed E-state index contributed by atoms with van der Waals surface area (Å²) in [5, 5.41) is 0.274. The molecule has 0 saturated carbocycles. The van der Waals surface area contributed by atoms with Crippen LogP contribution in [0.25, 0.3) is 16.6 Å². The number of rotatable bonds is 15. The Morgan fingerprint density at radius 3 is 2.14 bits per heavy atom. The van der Waals surface area contributed by atoms with Gasteiger partial charge in [-0.05, 0) is 50.5 Å². The maximum atomic E-state index is 14.1. The van der Waals surface area contributed by atoms with Gasteiger partial charge in [0.05, 0.1) is 58.2 Å². The summed E-state index contributed by atoms with van der Waals surface area (Å²) < 4.78 is 48.6. The third-order valence-electron chi connectivity index (χ3n) is 10.3. The summed E-state index contributed by atoms with van der Waals surface area (Å²) in [6, 6.07) is 13.3. The van der Waals surface area contributed by atoms with Gasteiger partial charge in [0.15, 0.2) is 0 Å². The van der Waals surface area contributed by atoms with E-state index in [1.54, 1.807) is 42.9 Å². The van der Waals surface area contributed by atoms with Crippen molar-refractivity contribution in [3.05, 3.63) is 88.2 Å². The van der Waals surface area contributed by atoms with Crippen molar-refractivity contribution in [1.29, 1.82) is 0 Å². The summed E-state index contributed by atoms with van der Waals surface area (Å²) >= 11 is 0. The number of ether oxygens (including phenoxy) is 3. The number of pyridine rings is 1. The van der Waals surface area contributed by atoms with Gasteiger partial charge in [0.25, 0.3) is 5.91 Å². The van der Waals surface area contributed by atoms with Crippen molar-refractivity contribution in [2.24, 2.45) is 0 Å². The van der Waals surface area contributed by atoms with Crippen molar-refractivity contribution in [3.8, 4) is 22.9 Å². The smallest absolute Gasteiger partial charge is 0.263 e. The van der Waals surface area contributed by atoms with Crippen LogP contribution in [-0.2, 0) is 0 Å². The van der Waals surface area contributed by atoms with Crippen LogP contribution in [0.5, 0.6) is 17.2 Å². The third kappa shape index (κ3) is 8.73. The number of aromatic nitrogens is 1. The standard InChI is InChI=1S/C39H47F2N4O5.BrH/c1-4-43(30-21-28(40)20-29(41)22-30)39(47)36-27-44(37-26-32(48-2)10-11-35(37)38(36)46)31-23-33(49-3)25-34(24-31)50-19-9-7-5-6-8-15-45-16-12-42(13-17-45)14-18-45;/h10-11,20-27H,4-9,12-19H2,1-3H3;1H/q+1;/p-1. The zero-order valence-electron chi connectivity index (χ0n) is 29.6. The Bertz CT molecular complexity index is 1860. The zero-order chi connectivity index (χ0) is 35.3.